The summed E-state index contributed by atoms with van der Waals surface area (Å²) in [5, 5.41) is 10.6. The summed E-state index contributed by atoms with van der Waals surface area (Å²) in [5.74, 6) is 4.38. The lowest BCUT2D eigenvalue weighted by molar-refractivity contribution is -0.111. The number of thioether (sulfide) groups is 1. The van der Waals surface area contributed by atoms with Crippen LogP contribution in [0, 0.1) is 23.2 Å². The van der Waals surface area contributed by atoms with E-state index in [9.17, 15) is 5.11 Å². The van der Waals surface area contributed by atoms with Crippen molar-refractivity contribution in [2.24, 2.45) is 23.2 Å². The molecule has 5 atom stereocenters. The topological polar surface area (TPSA) is 29.5 Å². The largest absolute Gasteiger partial charge is 0.393 e. The van der Waals surface area contributed by atoms with Crippen LogP contribution in [0.2, 0.25) is 0 Å². The summed E-state index contributed by atoms with van der Waals surface area (Å²) < 4.78 is 6.17. The van der Waals surface area contributed by atoms with E-state index in [0.29, 0.717) is 17.3 Å². The van der Waals surface area contributed by atoms with E-state index in [-0.39, 0.29) is 11.7 Å². The Kier molecular flexibility index (Phi) is 4.65. The Bertz CT molecular complexity index is 357. The lowest BCUT2D eigenvalue weighted by Crippen LogP contribution is -2.46. The fourth-order valence-electron chi connectivity index (χ4n) is 4.78. The van der Waals surface area contributed by atoms with Crippen molar-refractivity contribution < 1.29 is 9.84 Å². The summed E-state index contributed by atoms with van der Waals surface area (Å²) in [6.07, 6.45) is 6.93. The maximum Gasteiger partial charge on any atom is 0.0783 e. The molecule has 2 nitrogen and oxygen atoms in total. The molecule has 0 bridgehead atoms. The van der Waals surface area contributed by atoms with Gasteiger partial charge >= 0.3 is 0 Å². The molecule has 5 unspecified atom stereocenters. The smallest absolute Gasteiger partial charge is 0.0783 e. The molecule has 0 aromatic rings. The fourth-order valence-corrected chi connectivity index (χ4v) is 6.16. The van der Waals surface area contributed by atoms with Crippen molar-refractivity contribution in [1.29, 1.82) is 0 Å². The number of ether oxygens (including phenoxy) is 1. The molecule has 0 amide bonds. The molecule has 0 aromatic carbocycles. The van der Waals surface area contributed by atoms with E-state index in [4.69, 9.17) is 4.74 Å². The number of rotatable bonds is 1. The van der Waals surface area contributed by atoms with Gasteiger partial charge in [0, 0.05) is 12.4 Å². The Balaban J connectivity index is 1.69. The second-order valence-corrected chi connectivity index (χ2v) is 9.80. The first-order chi connectivity index (χ1) is 9.90. The molecule has 0 aromatic heterocycles. The van der Waals surface area contributed by atoms with Crippen molar-refractivity contribution in [2.45, 2.75) is 71.0 Å². The maximum atomic E-state index is 10.6. The van der Waals surface area contributed by atoms with Crippen molar-refractivity contribution in [3.05, 3.63) is 0 Å². The van der Waals surface area contributed by atoms with Gasteiger partial charge in [0.2, 0.25) is 0 Å². The van der Waals surface area contributed by atoms with Gasteiger partial charge in [0.05, 0.1) is 11.7 Å². The molecule has 3 aliphatic rings. The monoisotopic (exact) mass is 312 g/mol. The predicted molar refractivity (Wildman–Crippen MR) is 89.6 cm³/mol. The first-order valence-electron chi connectivity index (χ1n) is 8.79. The van der Waals surface area contributed by atoms with Crippen LogP contribution in [0.25, 0.3) is 0 Å². The molecule has 122 valence electrons. The standard InChI is InChI=1S/C18H32O2S/c1-17(2,3)14-4-5-16(19)15(10-14)13-6-8-20-18(11-13)7-9-21-12-18/h13-16,19H,4-12H2,1-3H3. The average molecular weight is 313 g/mol. The van der Waals surface area contributed by atoms with E-state index < -0.39 is 0 Å². The maximum absolute atomic E-state index is 10.6. The second kappa shape index (κ2) is 6.05. The van der Waals surface area contributed by atoms with E-state index in [1.807, 2.05) is 11.8 Å². The molecule has 2 heterocycles. The average Bonchev–Trinajstić information content (AvgIpc) is 2.86. The number of hydrogen-bond donors (Lipinski definition) is 1. The van der Waals surface area contributed by atoms with Gasteiger partial charge in [-0.15, -0.1) is 0 Å². The van der Waals surface area contributed by atoms with Crippen LogP contribution < -0.4 is 0 Å². The van der Waals surface area contributed by atoms with Gasteiger partial charge in [-0.05, 0) is 67.4 Å². The zero-order valence-corrected chi connectivity index (χ0v) is 14.8. The van der Waals surface area contributed by atoms with E-state index in [1.165, 1.54) is 37.2 Å². The van der Waals surface area contributed by atoms with Gasteiger partial charge in [0.25, 0.3) is 0 Å². The van der Waals surface area contributed by atoms with Gasteiger partial charge < -0.3 is 9.84 Å². The molecule has 3 heteroatoms. The molecule has 0 radical (unpaired) electrons. The summed E-state index contributed by atoms with van der Waals surface area (Å²) in [4.78, 5) is 0. The third kappa shape index (κ3) is 3.45. The Morgan fingerprint density at radius 3 is 2.67 bits per heavy atom. The van der Waals surface area contributed by atoms with Crippen LogP contribution in [0.4, 0.5) is 0 Å². The summed E-state index contributed by atoms with van der Waals surface area (Å²) >= 11 is 2.05. The van der Waals surface area contributed by atoms with E-state index in [0.717, 1.165) is 25.4 Å². The SMILES string of the molecule is CC(C)(C)C1CCC(O)C(C2CCOC3(CCSC3)C2)C1. The highest BCUT2D eigenvalue weighted by molar-refractivity contribution is 7.99. The molecule has 1 spiro atoms. The molecule has 21 heavy (non-hydrogen) atoms. The normalized spacial score (nSPS) is 45.1. The first kappa shape index (κ1) is 16.1. The highest BCUT2D eigenvalue weighted by Gasteiger charge is 2.46. The van der Waals surface area contributed by atoms with E-state index in [1.54, 1.807) is 0 Å². The quantitative estimate of drug-likeness (QED) is 0.790. The summed E-state index contributed by atoms with van der Waals surface area (Å²) in [5.41, 5.74) is 0.534. The number of hydrogen-bond acceptors (Lipinski definition) is 3. The van der Waals surface area contributed by atoms with E-state index in [2.05, 4.69) is 20.8 Å². The van der Waals surface area contributed by atoms with Crippen LogP contribution in [0.15, 0.2) is 0 Å². The third-order valence-corrected chi connectivity index (χ3v) is 7.51. The Morgan fingerprint density at radius 1 is 1.19 bits per heavy atom. The minimum Gasteiger partial charge on any atom is -0.393 e. The van der Waals surface area contributed by atoms with Crippen molar-refractivity contribution >= 4 is 11.8 Å². The Morgan fingerprint density at radius 2 is 2.00 bits per heavy atom. The summed E-state index contributed by atoms with van der Waals surface area (Å²) in [7, 11) is 0. The minimum atomic E-state index is -0.0715. The van der Waals surface area contributed by atoms with Crippen LogP contribution in [0.1, 0.15) is 59.3 Å². The van der Waals surface area contributed by atoms with Gasteiger partial charge in [-0.2, -0.15) is 11.8 Å². The highest BCUT2D eigenvalue weighted by Crippen LogP contribution is 2.48. The molecule has 3 rings (SSSR count). The van der Waals surface area contributed by atoms with Gasteiger partial charge in [-0.3, -0.25) is 0 Å². The van der Waals surface area contributed by atoms with E-state index >= 15 is 0 Å². The molecule has 1 aliphatic carbocycles. The first-order valence-corrected chi connectivity index (χ1v) is 9.95. The Labute approximate surface area is 134 Å². The molecule has 1 N–H and O–H groups in total. The number of aliphatic hydroxyl groups excluding tert-OH is 1. The minimum absolute atomic E-state index is 0.0715. The summed E-state index contributed by atoms with van der Waals surface area (Å²) in [6.45, 7) is 8.01. The van der Waals surface area contributed by atoms with Crippen LogP contribution in [0.5, 0.6) is 0 Å². The van der Waals surface area contributed by atoms with Gasteiger partial charge in [0.1, 0.15) is 0 Å². The highest BCUT2D eigenvalue weighted by atomic mass is 32.2. The lowest BCUT2D eigenvalue weighted by atomic mass is 9.63. The summed E-state index contributed by atoms with van der Waals surface area (Å²) in [6, 6.07) is 0. The third-order valence-electron chi connectivity index (χ3n) is 6.29. The zero-order valence-electron chi connectivity index (χ0n) is 13.9. The van der Waals surface area contributed by atoms with Crippen LogP contribution in [0.3, 0.4) is 0 Å². The lowest BCUT2D eigenvalue weighted by Gasteiger charge is -2.47. The fraction of sp³-hybridized carbons (Fsp3) is 1.00. The molecule has 1 saturated carbocycles. The van der Waals surface area contributed by atoms with Gasteiger partial charge in [0.15, 0.2) is 0 Å². The van der Waals surface area contributed by atoms with Crippen LogP contribution in [-0.4, -0.2) is 34.9 Å². The van der Waals surface area contributed by atoms with Crippen molar-refractivity contribution in [3.8, 4) is 0 Å². The molecule has 2 aliphatic heterocycles. The molecular weight excluding hydrogens is 280 g/mol. The predicted octanol–water partition coefficient (Wildman–Crippen LogP) is 4.11. The number of aliphatic hydroxyl groups is 1. The molecular formula is C18H32O2S. The zero-order chi connectivity index (χ0) is 15.1. The van der Waals surface area contributed by atoms with Crippen molar-refractivity contribution in [1.82, 2.24) is 0 Å². The van der Waals surface area contributed by atoms with Crippen molar-refractivity contribution in [3.63, 3.8) is 0 Å². The van der Waals surface area contributed by atoms with Crippen LogP contribution >= 0.6 is 11.8 Å². The second-order valence-electron chi connectivity index (χ2n) is 8.69. The molecule has 3 fully saturated rings. The Hall–Kier alpha value is 0.270. The van der Waals surface area contributed by atoms with Gasteiger partial charge in [-0.25, -0.2) is 0 Å². The molecule has 2 saturated heterocycles. The van der Waals surface area contributed by atoms with Gasteiger partial charge in [-0.1, -0.05) is 20.8 Å². The van der Waals surface area contributed by atoms with Crippen molar-refractivity contribution in [2.75, 3.05) is 18.1 Å². The van der Waals surface area contributed by atoms with Crippen LogP contribution in [-0.2, 0) is 4.74 Å².